The number of hydrogen-bond donors (Lipinski definition) is 0. The van der Waals surface area contributed by atoms with E-state index < -0.39 is 0 Å². The summed E-state index contributed by atoms with van der Waals surface area (Å²) < 4.78 is 23.4. The van der Waals surface area contributed by atoms with Crippen molar-refractivity contribution in [1.29, 1.82) is 0 Å². The van der Waals surface area contributed by atoms with Gasteiger partial charge in [0.1, 0.15) is 11.5 Å². The van der Waals surface area contributed by atoms with Crippen molar-refractivity contribution in [2.45, 2.75) is 58.6 Å². The molecule has 0 spiro atoms. The van der Waals surface area contributed by atoms with Crippen LogP contribution in [0.3, 0.4) is 0 Å². The molecule has 1 aliphatic heterocycles. The molecular weight excluding hydrogens is 355 g/mol. The van der Waals surface area contributed by atoms with Crippen molar-refractivity contribution in [3.8, 4) is 23.0 Å². The van der Waals surface area contributed by atoms with E-state index in [4.69, 9.17) is 18.9 Å². The van der Waals surface area contributed by atoms with Gasteiger partial charge < -0.3 is 18.9 Å². The number of fused-ring (bicyclic) bond motifs is 1. The zero-order valence-electron chi connectivity index (χ0n) is 16.4. The normalized spacial score (nSPS) is 16.1. The first-order valence-corrected chi connectivity index (χ1v) is 10.1. The summed E-state index contributed by atoms with van der Waals surface area (Å²) in [6, 6.07) is 11.3. The summed E-state index contributed by atoms with van der Waals surface area (Å²) in [5.74, 6) is 2.18. The molecular formula is C22H25BO5. The maximum atomic E-state index is 11.6. The maximum absolute atomic E-state index is 11.6. The number of carbonyl (C=O) groups excluding carboxylic acids is 1. The molecule has 28 heavy (non-hydrogen) atoms. The lowest BCUT2D eigenvalue weighted by Gasteiger charge is -2.18. The molecule has 2 aliphatic rings. The highest BCUT2D eigenvalue weighted by molar-refractivity contribution is 6.67. The predicted octanol–water partition coefficient (Wildman–Crippen LogP) is 4.47. The van der Waals surface area contributed by atoms with Gasteiger partial charge in [0, 0.05) is 12.5 Å². The molecule has 2 aromatic carbocycles. The van der Waals surface area contributed by atoms with Gasteiger partial charge in [-0.25, -0.2) is 0 Å². The predicted molar refractivity (Wildman–Crippen MR) is 108 cm³/mol. The van der Waals surface area contributed by atoms with E-state index in [9.17, 15) is 4.79 Å². The Labute approximate surface area is 166 Å². The first kappa shape index (κ1) is 18.9. The second-order valence-corrected chi connectivity index (χ2v) is 7.38. The molecule has 1 heterocycles. The molecule has 0 atom stereocenters. The molecule has 0 saturated heterocycles. The summed E-state index contributed by atoms with van der Waals surface area (Å²) >= 11 is 0. The molecule has 0 aromatic heterocycles. The van der Waals surface area contributed by atoms with E-state index in [1.54, 1.807) is 25.1 Å². The lowest BCUT2D eigenvalue weighted by atomic mass is 9.64. The number of carbonyl (C=O) groups is 1. The minimum absolute atomic E-state index is 0.123. The number of esters is 1. The van der Waals surface area contributed by atoms with E-state index in [0.29, 0.717) is 30.3 Å². The lowest BCUT2D eigenvalue weighted by molar-refractivity contribution is -0.134. The number of benzene rings is 2. The summed E-state index contributed by atoms with van der Waals surface area (Å²) in [6.45, 7) is 4.55. The second-order valence-electron chi connectivity index (χ2n) is 7.38. The second kappa shape index (κ2) is 8.27. The SMILES string of the molecule is CCC(=O)Oc1ccc(Oc2ccc3c(c2)COB3C)c(OC2CCCC2)c1. The molecule has 0 bridgehead atoms. The molecule has 4 rings (SSSR count). The molecule has 0 unspecified atom stereocenters. The lowest BCUT2D eigenvalue weighted by Crippen LogP contribution is -2.23. The van der Waals surface area contributed by atoms with E-state index in [1.165, 1.54) is 18.3 Å². The van der Waals surface area contributed by atoms with Crippen LogP contribution in [0.4, 0.5) is 0 Å². The van der Waals surface area contributed by atoms with Gasteiger partial charge in [-0.05, 0) is 61.0 Å². The van der Waals surface area contributed by atoms with Crippen LogP contribution < -0.4 is 19.7 Å². The number of rotatable bonds is 6. The van der Waals surface area contributed by atoms with Crippen molar-refractivity contribution in [3.63, 3.8) is 0 Å². The van der Waals surface area contributed by atoms with Crippen molar-refractivity contribution < 1.29 is 23.7 Å². The average molecular weight is 380 g/mol. The van der Waals surface area contributed by atoms with Gasteiger partial charge in [0.15, 0.2) is 11.5 Å². The van der Waals surface area contributed by atoms with Gasteiger partial charge in [-0.3, -0.25) is 4.79 Å². The van der Waals surface area contributed by atoms with Crippen molar-refractivity contribution in [3.05, 3.63) is 42.0 Å². The van der Waals surface area contributed by atoms with Crippen LogP contribution in [0.5, 0.6) is 23.0 Å². The summed E-state index contributed by atoms with van der Waals surface area (Å²) in [5.41, 5.74) is 2.35. The maximum Gasteiger partial charge on any atom is 0.324 e. The van der Waals surface area contributed by atoms with Crippen molar-refractivity contribution in [1.82, 2.24) is 0 Å². The summed E-state index contributed by atoms with van der Waals surface area (Å²) in [5, 5.41) is 0. The van der Waals surface area contributed by atoms with Gasteiger partial charge >= 0.3 is 12.9 Å². The summed E-state index contributed by atoms with van der Waals surface area (Å²) in [4.78, 5) is 11.6. The van der Waals surface area contributed by atoms with Crippen molar-refractivity contribution in [2.24, 2.45) is 0 Å². The molecule has 0 N–H and O–H groups in total. The molecule has 5 nitrogen and oxygen atoms in total. The minimum Gasteiger partial charge on any atom is -0.486 e. The van der Waals surface area contributed by atoms with Crippen LogP contribution in [0.1, 0.15) is 44.6 Å². The Kier molecular flexibility index (Phi) is 5.58. The Hall–Kier alpha value is -2.47. The Bertz CT molecular complexity index is 860. The third-order valence-corrected chi connectivity index (χ3v) is 5.30. The van der Waals surface area contributed by atoms with Gasteiger partial charge in [-0.1, -0.05) is 19.8 Å². The Morgan fingerprint density at radius 1 is 1.11 bits per heavy atom. The quantitative estimate of drug-likeness (QED) is 0.420. The minimum atomic E-state index is -0.270. The van der Waals surface area contributed by atoms with Gasteiger partial charge in [0.25, 0.3) is 0 Å². The van der Waals surface area contributed by atoms with Crippen LogP contribution in [0, 0.1) is 0 Å². The molecule has 6 heteroatoms. The van der Waals surface area contributed by atoms with Crippen LogP contribution in [0.15, 0.2) is 36.4 Å². The summed E-state index contributed by atoms with van der Waals surface area (Å²) in [6.07, 6.45) is 4.92. The Balaban J connectivity index is 1.58. The zero-order valence-corrected chi connectivity index (χ0v) is 16.4. The first-order chi connectivity index (χ1) is 13.6. The van der Waals surface area contributed by atoms with Gasteiger partial charge in [0.2, 0.25) is 0 Å². The highest BCUT2D eigenvalue weighted by Gasteiger charge is 2.24. The molecule has 1 fully saturated rings. The monoisotopic (exact) mass is 380 g/mol. The molecule has 0 radical (unpaired) electrons. The average Bonchev–Trinajstić information content (AvgIpc) is 3.33. The third-order valence-electron chi connectivity index (χ3n) is 5.30. The standard InChI is InChI=1S/C22H25BO5/c1-3-22(24)28-18-9-11-20(21(13-18)26-16-6-4-5-7-16)27-17-8-10-19-15(12-17)14-25-23(19)2/h8-13,16H,3-7,14H2,1-2H3. The molecule has 0 amide bonds. The molecule has 1 saturated carbocycles. The van der Waals surface area contributed by atoms with Gasteiger partial charge in [-0.15, -0.1) is 0 Å². The highest BCUT2D eigenvalue weighted by atomic mass is 16.5. The van der Waals surface area contributed by atoms with E-state index in [2.05, 4.69) is 12.9 Å². The van der Waals surface area contributed by atoms with Crippen LogP contribution in [0.2, 0.25) is 6.82 Å². The van der Waals surface area contributed by atoms with E-state index in [1.807, 2.05) is 12.1 Å². The van der Waals surface area contributed by atoms with Crippen LogP contribution in [0.25, 0.3) is 0 Å². The Morgan fingerprint density at radius 3 is 2.68 bits per heavy atom. The molecule has 1 aliphatic carbocycles. The third kappa shape index (κ3) is 4.17. The van der Waals surface area contributed by atoms with Crippen LogP contribution in [-0.2, 0) is 16.1 Å². The largest absolute Gasteiger partial charge is 0.486 e. The number of hydrogen-bond acceptors (Lipinski definition) is 5. The van der Waals surface area contributed by atoms with E-state index in [-0.39, 0.29) is 19.0 Å². The van der Waals surface area contributed by atoms with Crippen LogP contribution in [-0.4, -0.2) is 19.0 Å². The number of ether oxygens (including phenoxy) is 3. The van der Waals surface area contributed by atoms with Crippen molar-refractivity contribution >= 4 is 18.3 Å². The molecule has 2 aromatic rings. The topological polar surface area (TPSA) is 54.0 Å². The fraction of sp³-hybridized carbons (Fsp3) is 0.409. The fourth-order valence-electron chi connectivity index (χ4n) is 3.72. The smallest absolute Gasteiger partial charge is 0.324 e. The highest BCUT2D eigenvalue weighted by Crippen LogP contribution is 2.37. The van der Waals surface area contributed by atoms with Crippen LogP contribution >= 0.6 is 0 Å². The van der Waals surface area contributed by atoms with Gasteiger partial charge in [0.05, 0.1) is 12.7 Å². The van der Waals surface area contributed by atoms with E-state index >= 15 is 0 Å². The zero-order chi connectivity index (χ0) is 19.5. The van der Waals surface area contributed by atoms with Crippen molar-refractivity contribution in [2.75, 3.05) is 0 Å². The Morgan fingerprint density at radius 2 is 1.89 bits per heavy atom. The van der Waals surface area contributed by atoms with E-state index in [0.717, 1.165) is 24.2 Å². The first-order valence-electron chi connectivity index (χ1n) is 10.1. The summed E-state index contributed by atoms with van der Waals surface area (Å²) in [7, 11) is 0. The van der Waals surface area contributed by atoms with Gasteiger partial charge in [-0.2, -0.15) is 0 Å². The fourth-order valence-corrected chi connectivity index (χ4v) is 3.72. The molecule has 146 valence electrons.